The summed E-state index contributed by atoms with van der Waals surface area (Å²) in [7, 11) is 0. The highest BCUT2D eigenvalue weighted by Crippen LogP contribution is 2.23. The van der Waals surface area contributed by atoms with E-state index in [2.05, 4.69) is 5.10 Å². The summed E-state index contributed by atoms with van der Waals surface area (Å²) in [5.74, 6) is -1.30. The molecule has 0 saturated carbocycles. The van der Waals surface area contributed by atoms with Gasteiger partial charge in [-0.25, -0.2) is 9.59 Å². The van der Waals surface area contributed by atoms with E-state index in [1.54, 1.807) is 13.8 Å². The third-order valence-corrected chi connectivity index (χ3v) is 2.76. The number of hydrogen-bond acceptors (Lipinski definition) is 6. The van der Waals surface area contributed by atoms with Gasteiger partial charge in [0.25, 0.3) is 0 Å². The number of aromatic nitrogens is 2. The van der Waals surface area contributed by atoms with Gasteiger partial charge in [-0.3, -0.25) is 4.68 Å². The summed E-state index contributed by atoms with van der Waals surface area (Å²) in [5, 5.41) is 3.97. The third-order valence-electron chi connectivity index (χ3n) is 2.41. The van der Waals surface area contributed by atoms with E-state index < -0.39 is 11.9 Å². The highest BCUT2D eigenvalue weighted by atomic mass is 35.5. The van der Waals surface area contributed by atoms with Crippen molar-refractivity contribution in [3.63, 3.8) is 0 Å². The maximum Gasteiger partial charge on any atom is 0.360 e. The highest BCUT2D eigenvalue weighted by molar-refractivity contribution is 6.36. The number of esters is 2. The van der Waals surface area contributed by atoms with E-state index in [1.807, 2.05) is 0 Å². The van der Waals surface area contributed by atoms with Gasteiger partial charge in [-0.05, 0) is 26.8 Å². The lowest BCUT2D eigenvalue weighted by Crippen LogP contribution is -2.15. The van der Waals surface area contributed by atoms with Gasteiger partial charge in [-0.1, -0.05) is 11.6 Å². The molecule has 0 bridgehead atoms. The van der Waals surface area contributed by atoms with Crippen molar-refractivity contribution in [3.05, 3.63) is 16.4 Å². The van der Waals surface area contributed by atoms with Crippen LogP contribution in [0, 0.1) is 0 Å². The van der Waals surface area contributed by atoms with E-state index in [0.717, 1.165) is 0 Å². The lowest BCUT2D eigenvalue weighted by Gasteiger charge is -2.06. The molecule has 0 saturated heterocycles. The maximum atomic E-state index is 11.9. The molecule has 7 nitrogen and oxygen atoms in total. The lowest BCUT2D eigenvalue weighted by molar-refractivity contribution is 0.0505. The van der Waals surface area contributed by atoms with E-state index in [4.69, 9.17) is 26.8 Å². The van der Waals surface area contributed by atoms with Crippen molar-refractivity contribution in [3.8, 4) is 0 Å². The molecule has 1 aromatic heterocycles. The number of rotatable bonds is 7. The number of nitrogens with two attached hydrogens (primary N) is 1. The van der Waals surface area contributed by atoms with Gasteiger partial charge in [-0.15, -0.1) is 0 Å². The van der Waals surface area contributed by atoms with Crippen LogP contribution in [0.5, 0.6) is 0 Å². The van der Waals surface area contributed by atoms with Gasteiger partial charge >= 0.3 is 11.9 Å². The first kappa shape index (κ1) is 16.5. The predicted molar refractivity (Wildman–Crippen MR) is 72.8 cm³/mol. The summed E-state index contributed by atoms with van der Waals surface area (Å²) in [6.07, 6.45) is 0.590. The van der Waals surface area contributed by atoms with Crippen molar-refractivity contribution in [1.82, 2.24) is 9.78 Å². The van der Waals surface area contributed by atoms with E-state index in [0.29, 0.717) is 19.5 Å². The van der Waals surface area contributed by atoms with Crippen LogP contribution in [-0.2, 0) is 16.0 Å². The molecule has 8 heteroatoms. The Morgan fingerprint density at radius 1 is 1.25 bits per heavy atom. The van der Waals surface area contributed by atoms with Crippen LogP contribution in [0.15, 0.2) is 0 Å². The molecular weight excluding hydrogens is 286 g/mol. The van der Waals surface area contributed by atoms with Crippen LogP contribution in [0.2, 0.25) is 5.02 Å². The van der Waals surface area contributed by atoms with Gasteiger partial charge in [0.2, 0.25) is 0 Å². The van der Waals surface area contributed by atoms with Gasteiger partial charge in [0.1, 0.15) is 5.02 Å². The largest absolute Gasteiger partial charge is 0.461 e. The Balaban J connectivity index is 3.16. The summed E-state index contributed by atoms with van der Waals surface area (Å²) in [6, 6.07) is 0. The fraction of sp³-hybridized carbons (Fsp3) is 0.583. The monoisotopic (exact) mass is 303 g/mol. The molecule has 0 aliphatic rings. The first-order valence-electron chi connectivity index (χ1n) is 6.37. The second kappa shape index (κ2) is 7.86. The number of ether oxygens (including phenoxy) is 2. The quantitative estimate of drug-likeness (QED) is 0.761. The van der Waals surface area contributed by atoms with E-state index in [-0.39, 0.29) is 29.6 Å². The number of carbonyl (C=O) groups is 2. The SMILES string of the molecule is CCOC(=O)c1nn(CCCN)c(C(=O)OCC)c1Cl. The molecule has 0 spiro atoms. The van der Waals surface area contributed by atoms with Gasteiger partial charge in [0.05, 0.1) is 13.2 Å². The van der Waals surface area contributed by atoms with E-state index in [1.165, 1.54) is 4.68 Å². The molecule has 1 aromatic rings. The Morgan fingerprint density at radius 3 is 2.40 bits per heavy atom. The molecule has 112 valence electrons. The van der Waals surface area contributed by atoms with Crippen LogP contribution < -0.4 is 5.73 Å². The average molecular weight is 304 g/mol. The van der Waals surface area contributed by atoms with Gasteiger partial charge < -0.3 is 15.2 Å². The zero-order valence-electron chi connectivity index (χ0n) is 11.5. The number of halogens is 1. The van der Waals surface area contributed by atoms with E-state index >= 15 is 0 Å². The van der Waals surface area contributed by atoms with Crippen LogP contribution in [0.25, 0.3) is 0 Å². The molecule has 0 aliphatic carbocycles. The smallest absolute Gasteiger partial charge is 0.360 e. The van der Waals surface area contributed by atoms with Crippen molar-refractivity contribution in [2.75, 3.05) is 19.8 Å². The molecule has 0 aromatic carbocycles. The molecule has 1 rings (SSSR count). The number of carbonyl (C=O) groups excluding carboxylic acids is 2. The van der Waals surface area contributed by atoms with Crippen molar-refractivity contribution in [2.45, 2.75) is 26.8 Å². The highest BCUT2D eigenvalue weighted by Gasteiger charge is 2.27. The Hall–Kier alpha value is -1.60. The predicted octanol–water partition coefficient (Wildman–Crippen LogP) is 1.24. The molecule has 0 radical (unpaired) electrons. The van der Waals surface area contributed by atoms with Crippen molar-refractivity contribution < 1.29 is 19.1 Å². The maximum absolute atomic E-state index is 11.9. The number of nitrogens with zero attached hydrogens (tertiary/aromatic N) is 2. The zero-order valence-corrected chi connectivity index (χ0v) is 12.3. The van der Waals surface area contributed by atoms with Gasteiger partial charge in [0.15, 0.2) is 11.4 Å². The summed E-state index contributed by atoms with van der Waals surface area (Å²) in [5.41, 5.74) is 5.39. The van der Waals surface area contributed by atoms with Crippen molar-refractivity contribution in [1.29, 1.82) is 0 Å². The van der Waals surface area contributed by atoms with E-state index in [9.17, 15) is 9.59 Å². The second-order valence-electron chi connectivity index (χ2n) is 3.82. The minimum atomic E-state index is -0.672. The zero-order chi connectivity index (χ0) is 15.1. The van der Waals surface area contributed by atoms with Gasteiger partial charge in [0, 0.05) is 6.54 Å². The summed E-state index contributed by atoms with van der Waals surface area (Å²) in [6.45, 7) is 4.53. The van der Waals surface area contributed by atoms with Crippen LogP contribution in [0.3, 0.4) is 0 Å². The summed E-state index contributed by atoms with van der Waals surface area (Å²) >= 11 is 6.05. The summed E-state index contributed by atoms with van der Waals surface area (Å²) in [4.78, 5) is 23.6. The second-order valence-corrected chi connectivity index (χ2v) is 4.20. The van der Waals surface area contributed by atoms with Crippen molar-refractivity contribution >= 4 is 23.5 Å². The lowest BCUT2D eigenvalue weighted by atomic mass is 10.3. The molecule has 2 N–H and O–H groups in total. The minimum Gasteiger partial charge on any atom is -0.461 e. The fourth-order valence-electron chi connectivity index (χ4n) is 1.57. The Bertz CT molecular complexity index is 487. The molecular formula is C12H18ClN3O4. The van der Waals surface area contributed by atoms with Gasteiger partial charge in [-0.2, -0.15) is 5.10 Å². The van der Waals surface area contributed by atoms with Crippen LogP contribution in [-0.4, -0.2) is 41.5 Å². The Morgan fingerprint density at radius 2 is 1.85 bits per heavy atom. The van der Waals surface area contributed by atoms with Crippen molar-refractivity contribution in [2.24, 2.45) is 5.73 Å². The minimum absolute atomic E-state index is 0.0463. The first-order chi connectivity index (χ1) is 9.56. The average Bonchev–Trinajstić information content (AvgIpc) is 2.74. The molecule has 1 heterocycles. The van der Waals surface area contributed by atoms with Crippen LogP contribution in [0.4, 0.5) is 0 Å². The van der Waals surface area contributed by atoms with Crippen LogP contribution in [0.1, 0.15) is 41.2 Å². The number of aryl methyl sites for hydroxylation is 1. The molecule has 20 heavy (non-hydrogen) atoms. The standard InChI is InChI=1S/C12H18ClN3O4/c1-3-19-11(17)9-8(13)10(12(18)20-4-2)16(15-9)7-5-6-14/h3-7,14H2,1-2H3. The molecule has 0 atom stereocenters. The number of hydrogen-bond donors (Lipinski definition) is 1. The van der Waals surface area contributed by atoms with Crippen LogP contribution >= 0.6 is 11.6 Å². The Kier molecular flexibility index (Phi) is 6.47. The molecule has 0 unspecified atom stereocenters. The normalized spacial score (nSPS) is 10.4. The summed E-state index contributed by atoms with van der Waals surface area (Å²) < 4.78 is 11.1. The first-order valence-corrected chi connectivity index (χ1v) is 6.75. The molecule has 0 fully saturated rings. The topological polar surface area (TPSA) is 96.4 Å². The Labute approximate surface area is 122 Å². The molecule has 0 amide bonds. The molecule has 0 aliphatic heterocycles. The fourth-order valence-corrected chi connectivity index (χ4v) is 1.86. The third kappa shape index (κ3) is 3.71.